The van der Waals surface area contributed by atoms with Crippen LogP contribution in [0, 0.1) is 0 Å². The van der Waals surface area contributed by atoms with Crippen LogP contribution in [0.4, 0.5) is 18.9 Å². The van der Waals surface area contributed by atoms with E-state index in [1.165, 1.54) is 0 Å². The summed E-state index contributed by atoms with van der Waals surface area (Å²) in [6.07, 6.45) is -2.73. The second-order valence-electron chi connectivity index (χ2n) is 7.77. The highest BCUT2D eigenvalue weighted by atomic mass is 19.4. The van der Waals surface area contributed by atoms with Crippen LogP contribution in [0.3, 0.4) is 0 Å². The molecule has 1 aliphatic heterocycles. The number of carbonyl (C=O) groups excluding carboxylic acids is 2. The number of hydrogen-bond donors (Lipinski definition) is 2. The summed E-state index contributed by atoms with van der Waals surface area (Å²) >= 11 is 0. The number of rotatable bonds is 8. The third-order valence-corrected chi connectivity index (χ3v) is 4.99. The number of unbranched alkanes of at least 4 members (excludes halogenated alkanes) is 1. The Hall–Kier alpha value is -2.82. The number of nitrogens with one attached hydrogen (secondary N) is 1. The number of carboxylic acids is 1. The molecule has 2 amide bonds. The van der Waals surface area contributed by atoms with Crippen molar-refractivity contribution in [1.82, 2.24) is 15.1 Å². The lowest BCUT2D eigenvalue weighted by molar-refractivity contribution is -0.192. The average Bonchev–Trinajstić information content (AvgIpc) is 2.79. The first kappa shape index (κ1) is 28.2. The molecule has 0 radical (unpaired) electrons. The second kappa shape index (κ2) is 13.7. The number of carbonyl (C=O) groups is 3. The Bertz CT molecular complexity index is 781. The SMILES string of the molecule is CCCCN(CCC(=O)N1CCNCC1)C(=O)c1cccc(N(C)C)c1.O=C(O)C(F)(F)F. The van der Waals surface area contributed by atoms with Crippen LogP contribution < -0.4 is 10.2 Å². The van der Waals surface area contributed by atoms with Crippen LogP contribution in [0.1, 0.15) is 36.5 Å². The molecule has 11 heteroatoms. The number of benzene rings is 1. The second-order valence-corrected chi connectivity index (χ2v) is 7.77. The van der Waals surface area contributed by atoms with E-state index >= 15 is 0 Å². The molecule has 0 spiro atoms. The van der Waals surface area contributed by atoms with E-state index in [1.54, 1.807) is 0 Å². The fourth-order valence-electron chi connectivity index (χ4n) is 3.07. The highest BCUT2D eigenvalue weighted by molar-refractivity contribution is 5.95. The van der Waals surface area contributed by atoms with Gasteiger partial charge >= 0.3 is 12.1 Å². The maximum Gasteiger partial charge on any atom is 0.490 e. The normalized spacial score (nSPS) is 13.6. The molecule has 0 aromatic heterocycles. The number of carboxylic acid groups (broad SMARTS) is 1. The van der Waals surface area contributed by atoms with Crippen molar-refractivity contribution >= 4 is 23.5 Å². The van der Waals surface area contributed by atoms with E-state index < -0.39 is 12.1 Å². The number of hydrogen-bond acceptors (Lipinski definition) is 5. The number of amides is 2. The predicted octanol–water partition coefficient (Wildman–Crippen LogP) is 2.45. The highest BCUT2D eigenvalue weighted by Crippen LogP contribution is 2.16. The Morgan fingerprint density at radius 1 is 1.12 bits per heavy atom. The molecule has 2 N–H and O–H groups in total. The van der Waals surface area contributed by atoms with E-state index in [-0.39, 0.29) is 11.8 Å². The Morgan fingerprint density at radius 3 is 2.24 bits per heavy atom. The van der Waals surface area contributed by atoms with Gasteiger partial charge in [0.15, 0.2) is 0 Å². The van der Waals surface area contributed by atoms with Crippen molar-refractivity contribution in [3.8, 4) is 0 Å². The van der Waals surface area contributed by atoms with E-state index in [0.717, 1.165) is 44.7 Å². The van der Waals surface area contributed by atoms with Crippen molar-refractivity contribution in [2.45, 2.75) is 32.4 Å². The molecule has 0 unspecified atom stereocenters. The molecule has 0 saturated carbocycles. The van der Waals surface area contributed by atoms with Crippen molar-refractivity contribution in [3.05, 3.63) is 29.8 Å². The van der Waals surface area contributed by atoms with Gasteiger partial charge in [-0.05, 0) is 24.6 Å². The molecule has 1 aromatic rings. The predicted molar refractivity (Wildman–Crippen MR) is 119 cm³/mol. The van der Waals surface area contributed by atoms with E-state index in [4.69, 9.17) is 9.90 Å². The maximum atomic E-state index is 13.0. The van der Waals surface area contributed by atoms with Gasteiger partial charge in [-0.25, -0.2) is 4.79 Å². The van der Waals surface area contributed by atoms with Crippen molar-refractivity contribution in [1.29, 1.82) is 0 Å². The fraction of sp³-hybridized carbons (Fsp3) is 0.591. The summed E-state index contributed by atoms with van der Waals surface area (Å²) in [6.45, 7) is 6.49. The van der Waals surface area contributed by atoms with Gasteiger partial charge in [0.1, 0.15) is 0 Å². The van der Waals surface area contributed by atoms with Crippen molar-refractivity contribution in [3.63, 3.8) is 0 Å². The van der Waals surface area contributed by atoms with Crippen LogP contribution in [0.25, 0.3) is 0 Å². The molecule has 186 valence electrons. The lowest BCUT2D eigenvalue weighted by Gasteiger charge is -2.29. The molecule has 1 saturated heterocycles. The van der Waals surface area contributed by atoms with Gasteiger partial charge in [0.05, 0.1) is 0 Å². The Balaban J connectivity index is 0.000000675. The number of alkyl halides is 3. The molecule has 2 rings (SSSR count). The first-order chi connectivity index (χ1) is 15.5. The largest absolute Gasteiger partial charge is 0.490 e. The first-order valence-corrected chi connectivity index (χ1v) is 10.8. The van der Waals surface area contributed by atoms with Gasteiger partial charge in [-0.1, -0.05) is 19.4 Å². The van der Waals surface area contributed by atoms with Crippen LogP contribution in [0.5, 0.6) is 0 Å². The monoisotopic (exact) mass is 474 g/mol. The molecule has 33 heavy (non-hydrogen) atoms. The van der Waals surface area contributed by atoms with Gasteiger partial charge in [0, 0.05) is 71.0 Å². The highest BCUT2D eigenvalue weighted by Gasteiger charge is 2.38. The number of halogens is 3. The molecule has 1 aromatic carbocycles. The third-order valence-electron chi connectivity index (χ3n) is 4.99. The topological polar surface area (TPSA) is 93.2 Å². The minimum atomic E-state index is -5.08. The van der Waals surface area contributed by atoms with E-state index in [2.05, 4.69) is 12.2 Å². The number of aliphatic carboxylic acids is 1. The summed E-state index contributed by atoms with van der Waals surface area (Å²) in [5.74, 6) is -2.61. The van der Waals surface area contributed by atoms with Crippen molar-refractivity contribution in [2.75, 3.05) is 58.3 Å². The van der Waals surface area contributed by atoms with E-state index in [9.17, 15) is 22.8 Å². The molecular formula is C22H33F3N4O4. The molecule has 1 aliphatic rings. The van der Waals surface area contributed by atoms with Gasteiger partial charge in [0.25, 0.3) is 5.91 Å². The van der Waals surface area contributed by atoms with Crippen molar-refractivity contribution < 1.29 is 32.7 Å². The zero-order valence-electron chi connectivity index (χ0n) is 19.3. The average molecular weight is 475 g/mol. The molecule has 1 fully saturated rings. The summed E-state index contributed by atoms with van der Waals surface area (Å²) < 4.78 is 31.7. The van der Waals surface area contributed by atoms with Gasteiger partial charge in [-0.15, -0.1) is 0 Å². The number of piperazine rings is 1. The van der Waals surface area contributed by atoms with Crippen LogP contribution in [-0.4, -0.2) is 92.2 Å². The molecule has 1 heterocycles. The lowest BCUT2D eigenvalue weighted by Crippen LogP contribution is -2.47. The summed E-state index contributed by atoms with van der Waals surface area (Å²) in [5, 5.41) is 10.4. The van der Waals surface area contributed by atoms with Crippen LogP contribution in [0.15, 0.2) is 24.3 Å². The summed E-state index contributed by atoms with van der Waals surface area (Å²) in [7, 11) is 3.93. The van der Waals surface area contributed by atoms with Gasteiger partial charge in [0.2, 0.25) is 5.91 Å². The zero-order valence-corrected chi connectivity index (χ0v) is 19.3. The van der Waals surface area contributed by atoms with Crippen molar-refractivity contribution in [2.24, 2.45) is 0 Å². The molecule has 0 aliphatic carbocycles. The zero-order chi connectivity index (χ0) is 25.0. The summed E-state index contributed by atoms with van der Waals surface area (Å²) in [4.78, 5) is 40.0. The lowest BCUT2D eigenvalue weighted by atomic mass is 10.1. The third kappa shape index (κ3) is 10.1. The van der Waals surface area contributed by atoms with Crippen LogP contribution >= 0.6 is 0 Å². The maximum absolute atomic E-state index is 13.0. The van der Waals surface area contributed by atoms with E-state index in [1.807, 2.05) is 53.1 Å². The molecule has 0 atom stereocenters. The first-order valence-electron chi connectivity index (χ1n) is 10.8. The minimum Gasteiger partial charge on any atom is -0.475 e. The Morgan fingerprint density at radius 2 is 1.73 bits per heavy atom. The standard InChI is InChI=1S/C20H32N4O2.C2HF3O2/c1-4-5-12-24(13-9-19(25)23-14-10-21-11-15-23)20(26)17-7-6-8-18(16-17)22(2)3;3-2(4,5)1(6)7/h6-8,16,21H,4-5,9-15H2,1-3H3;(H,6,7). The Kier molecular flexibility index (Phi) is 11.7. The summed E-state index contributed by atoms with van der Waals surface area (Å²) in [5.41, 5.74) is 1.69. The minimum absolute atomic E-state index is 0.00950. The molecule has 0 bridgehead atoms. The van der Waals surface area contributed by atoms with E-state index in [0.29, 0.717) is 25.1 Å². The van der Waals surface area contributed by atoms with Gasteiger partial charge in [-0.2, -0.15) is 13.2 Å². The molecule has 8 nitrogen and oxygen atoms in total. The molecular weight excluding hydrogens is 441 g/mol. The number of nitrogens with zero attached hydrogens (tertiary/aromatic N) is 3. The summed E-state index contributed by atoms with van der Waals surface area (Å²) in [6, 6.07) is 7.67. The fourth-order valence-corrected chi connectivity index (χ4v) is 3.07. The Labute approximate surface area is 192 Å². The smallest absolute Gasteiger partial charge is 0.475 e. The quantitative estimate of drug-likeness (QED) is 0.601. The number of anilines is 1. The van der Waals surface area contributed by atoms with Gasteiger partial charge in [-0.3, -0.25) is 9.59 Å². The van der Waals surface area contributed by atoms with Crippen LogP contribution in [-0.2, 0) is 9.59 Å². The van der Waals surface area contributed by atoms with Crippen LogP contribution in [0.2, 0.25) is 0 Å². The van der Waals surface area contributed by atoms with Gasteiger partial charge < -0.3 is 25.1 Å².